The summed E-state index contributed by atoms with van der Waals surface area (Å²) in [6.45, 7) is 0.207. The van der Waals surface area contributed by atoms with E-state index in [0.717, 1.165) is 4.47 Å². The molecule has 0 radical (unpaired) electrons. The van der Waals surface area contributed by atoms with Gasteiger partial charge in [-0.2, -0.15) is 5.26 Å². The first-order chi connectivity index (χ1) is 14.5. The molecular weight excluding hydrogens is 449 g/mol. The smallest absolute Gasteiger partial charge is 0.161 e. The Labute approximate surface area is 183 Å². The van der Waals surface area contributed by atoms with Gasteiger partial charge in [-0.15, -0.1) is 0 Å². The highest BCUT2D eigenvalue weighted by atomic mass is 79.9. The molecule has 152 valence electrons. The topological polar surface area (TPSA) is 51.5 Å². The molecule has 0 aromatic heterocycles. The highest BCUT2D eigenvalue weighted by Gasteiger charge is 2.10. The van der Waals surface area contributed by atoms with E-state index < -0.39 is 0 Å². The maximum absolute atomic E-state index is 13.4. The lowest BCUT2D eigenvalue weighted by Gasteiger charge is -2.12. The van der Waals surface area contributed by atoms with Crippen LogP contribution >= 0.6 is 15.9 Å². The van der Waals surface area contributed by atoms with Crippen molar-refractivity contribution in [2.24, 2.45) is 0 Å². The third kappa shape index (κ3) is 5.19. The number of rotatable bonds is 7. The van der Waals surface area contributed by atoms with Gasteiger partial charge in [-0.1, -0.05) is 28.1 Å². The Bertz CT molecular complexity index is 1120. The predicted octanol–water partition coefficient (Wildman–Crippen LogP) is 6.25. The molecular formula is C24H19BrFNO3. The van der Waals surface area contributed by atoms with Gasteiger partial charge in [0.15, 0.2) is 11.5 Å². The van der Waals surface area contributed by atoms with Crippen LogP contribution in [0.3, 0.4) is 0 Å². The van der Waals surface area contributed by atoms with E-state index in [9.17, 15) is 9.65 Å². The van der Waals surface area contributed by atoms with Crippen LogP contribution in [0.15, 0.2) is 65.1 Å². The minimum Gasteiger partial charge on any atom is -0.493 e. The fourth-order valence-electron chi connectivity index (χ4n) is 2.89. The monoisotopic (exact) mass is 467 g/mol. The molecule has 3 rings (SSSR count). The van der Waals surface area contributed by atoms with E-state index in [1.54, 1.807) is 56.7 Å². The molecule has 0 bridgehead atoms. The molecule has 0 fully saturated rings. The van der Waals surface area contributed by atoms with Crippen molar-refractivity contribution in [2.75, 3.05) is 14.2 Å². The summed E-state index contributed by atoms with van der Waals surface area (Å²) in [5.41, 5.74) is 2.55. The zero-order valence-corrected chi connectivity index (χ0v) is 18.1. The van der Waals surface area contributed by atoms with Gasteiger partial charge in [0.2, 0.25) is 0 Å². The van der Waals surface area contributed by atoms with Crippen LogP contribution in [0.2, 0.25) is 0 Å². The van der Waals surface area contributed by atoms with Gasteiger partial charge in [-0.05, 0) is 65.7 Å². The number of benzene rings is 3. The van der Waals surface area contributed by atoms with Gasteiger partial charge in [0.05, 0.1) is 25.9 Å². The quantitative estimate of drug-likeness (QED) is 0.304. The number of hydrogen-bond donors (Lipinski definition) is 0. The highest BCUT2D eigenvalue weighted by Crippen LogP contribution is 2.33. The Hall–Kier alpha value is -3.30. The van der Waals surface area contributed by atoms with Crippen LogP contribution in [0.25, 0.3) is 11.6 Å². The van der Waals surface area contributed by atoms with E-state index in [1.807, 2.05) is 12.1 Å². The lowest BCUT2D eigenvalue weighted by atomic mass is 10.0. The zero-order valence-electron chi connectivity index (χ0n) is 16.5. The SMILES string of the molecule is COc1ccc(/C(C#N)=C/c2cc(Br)ccc2OCc2cccc(F)c2)cc1OC. The summed E-state index contributed by atoms with van der Waals surface area (Å²) in [5.74, 6) is 1.39. The first-order valence-corrected chi connectivity index (χ1v) is 9.84. The molecule has 0 unspecified atom stereocenters. The van der Waals surface area contributed by atoms with Crippen molar-refractivity contribution in [1.82, 2.24) is 0 Å². The van der Waals surface area contributed by atoms with Crippen molar-refractivity contribution in [3.63, 3.8) is 0 Å². The van der Waals surface area contributed by atoms with Gasteiger partial charge in [0.25, 0.3) is 0 Å². The van der Waals surface area contributed by atoms with Crippen molar-refractivity contribution in [3.05, 3.63) is 87.6 Å². The average Bonchev–Trinajstić information content (AvgIpc) is 2.76. The molecule has 0 aliphatic carbocycles. The zero-order chi connectivity index (χ0) is 21.5. The third-order valence-corrected chi connectivity index (χ3v) is 4.86. The second-order valence-corrected chi connectivity index (χ2v) is 7.26. The summed E-state index contributed by atoms with van der Waals surface area (Å²) in [6.07, 6.45) is 1.74. The largest absolute Gasteiger partial charge is 0.493 e. The van der Waals surface area contributed by atoms with Gasteiger partial charge in [0.1, 0.15) is 18.2 Å². The number of nitrogens with zero attached hydrogens (tertiary/aromatic N) is 1. The second kappa shape index (κ2) is 9.95. The standard InChI is InChI=1S/C24H19BrFNO3/c1-28-23-8-6-17(13-24(23)29-2)19(14-27)11-18-12-20(25)7-9-22(18)30-15-16-4-3-5-21(26)10-16/h3-13H,15H2,1-2H3/b19-11+. The number of ether oxygens (including phenoxy) is 3. The molecule has 0 saturated carbocycles. The van der Waals surface area contributed by atoms with Crippen LogP contribution < -0.4 is 14.2 Å². The van der Waals surface area contributed by atoms with Crippen LogP contribution in [-0.2, 0) is 6.61 Å². The first-order valence-electron chi connectivity index (χ1n) is 9.05. The van der Waals surface area contributed by atoms with E-state index in [0.29, 0.717) is 39.5 Å². The molecule has 0 atom stereocenters. The number of methoxy groups -OCH3 is 2. The van der Waals surface area contributed by atoms with Gasteiger partial charge in [0, 0.05) is 10.0 Å². The lowest BCUT2D eigenvalue weighted by molar-refractivity contribution is 0.305. The Balaban J connectivity index is 1.94. The molecule has 0 spiro atoms. The highest BCUT2D eigenvalue weighted by molar-refractivity contribution is 9.10. The third-order valence-electron chi connectivity index (χ3n) is 4.37. The van der Waals surface area contributed by atoms with E-state index >= 15 is 0 Å². The average molecular weight is 468 g/mol. The predicted molar refractivity (Wildman–Crippen MR) is 118 cm³/mol. The van der Waals surface area contributed by atoms with Crippen molar-refractivity contribution < 1.29 is 18.6 Å². The molecule has 3 aromatic rings. The molecule has 3 aromatic carbocycles. The van der Waals surface area contributed by atoms with E-state index in [2.05, 4.69) is 22.0 Å². The van der Waals surface area contributed by atoms with Crippen LogP contribution in [-0.4, -0.2) is 14.2 Å². The molecule has 0 aliphatic rings. The number of hydrogen-bond acceptors (Lipinski definition) is 4. The number of nitriles is 1. The Morgan fingerprint density at radius 2 is 1.77 bits per heavy atom. The molecule has 30 heavy (non-hydrogen) atoms. The number of halogens is 2. The molecule has 0 aliphatic heterocycles. The van der Waals surface area contributed by atoms with Crippen molar-refractivity contribution >= 4 is 27.6 Å². The fraction of sp³-hybridized carbons (Fsp3) is 0.125. The molecule has 0 heterocycles. The van der Waals surface area contributed by atoms with Gasteiger partial charge < -0.3 is 14.2 Å². The van der Waals surface area contributed by atoms with Gasteiger partial charge >= 0.3 is 0 Å². The minimum absolute atomic E-state index is 0.207. The maximum Gasteiger partial charge on any atom is 0.161 e. The molecule has 0 N–H and O–H groups in total. The summed E-state index contributed by atoms with van der Waals surface area (Å²) in [5, 5.41) is 9.74. The Morgan fingerprint density at radius 3 is 2.47 bits per heavy atom. The van der Waals surface area contributed by atoms with E-state index in [-0.39, 0.29) is 12.4 Å². The van der Waals surface area contributed by atoms with Gasteiger partial charge in [-0.3, -0.25) is 0 Å². The van der Waals surface area contributed by atoms with Crippen molar-refractivity contribution in [1.29, 1.82) is 5.26 Å². The summed E-state index contributed by atoms with van der Waals surface area (Å²) >= 11 is 3.46. The summed E-state index contributed by atoms with van der Waals surface area (Å²) in [7, 11) is 3.10. The first kappa shape index (κ1) is 21.4. The summed E-state index contributed by atoms with van der Waals surface area (Å²) in [6, 6.07) is 19.3. The van der Waals surface area contributed by atoms with Crippen LogP contribution in [0.4, 0.5) is 4.39 Å². The Morgan fingerprint density at radius 1 is 1.00 bits per heavy atom. The number of allylic oxidation sites excluding steroid dienone is 1. The molecule has 4 nitrogen and oxygen atoms in total. The normalized spacial score (nSPS) is 11.0. The van der Waals surface area contributed by atoms with Crippen molar-refractivity contribution in [2.45, 2.75) is 6.61 Å². The van der Waals surface area contributed by atoms with Gasteiger partial charge in [-0.25, -0.2) is 4.39 Å². The minimum atomic E-state index is -0.313. The maximum atomic E-state index is 13.4. The summed E-state index contributed by atoms with van der Waals surface area (Å²) < 4.78 is 30.8. The molecule has 6 heteroatoms. The van der Waals surface area contributed by atoms with Crippen LogP contribution in [0.1, 0.15) is 16.7 Å². The molecule has 0 amide bonds. The van der Waals surface area contributed by atoms with E-state index in [1.165, 1.54) is 12.1 Å². The van der Waals surface area contributed by atoms with E-state index in [4.69, 9.17) is 14.2 Å². The van der Waals surface area contributed by atoms with Crippen LogP contribution in [0, 0.1) is 17.1 Å². The second-order valence-electron chi connectivity index (χ2n) is 6.34. The summed E-state index contributed by atoms with van der Waals surface area (Å²) in [4.78, 5) is 0. The van der Waals surface area contributed by atoms with Crippen molar-refractivity contribution in [3.8, 4) is 23.3 Å². The fourth-order valence-corrected chi connectivity index (χ4v) is 3.27. The lowest BCUT2D eigenvalue weighted by Crippen LogP contribution is -1.98. The Kier molecular flexibility index (Phi) is 7.10. The van der Waals surface area contributed by atoms with Crippen LogP contribution in [0.5, 0.6) is 17.2 Å². The molecule has 0 saturated heterocycles.